The van der Waals surface area contributed by atoms with Crippen LogP contribution in [0.4, 0.5) is 5.69 Å². The number of aromatic nitrogens is 1. The van der Waals surface area contributed by atoms with Gasteiger partial charge in [0.2, 0.25) is 5.91 Å². The molecule has 2 aromatic carbocycles. The smallest absolute Gasteiger partial charge is 0.344 e. The number of carbonyl (C=O) groups excluding carboxylic acids is 2. The first-order chi connectivity index (χ1) is 18.4. The minimum atomic E-state index is -0.628. The molecule has 1 amide bonds. The predicted molar refractivity (Wildman–Crippen MR) is 152 cm³/mol. The van der Waals surface area contributed by atoms with Crippen LogP contribution in [0.25, 0.3) is 17.0 Å². The number of ether oxygens (including phenoxy) is 2. The Hall–Kier alpha value is -3.34. The minimum Gasteiger partial charge on any atom is -0.506 e. The molecule has 3 aromatic rings. The fourth-order valence-corrected chi connectivity index (χ4v) is 5.74. The number of fused-ring (bicyclic) bond motifs is 1. The molecule has 38 heavy (non-hydrogen) atoms. The van der Waals surface area contributed by atoms with Crippen LogP contribution in [0.1, 0.15) is 12.5 Å². The molecular formula is C28H26BrN3O5S. The first-order valence-electron chi connectivity index (χ1n) is 12.2. The van der Waals surface area contributed by atoms with Gasteiger partial charge in [0, 0.05) is 40.2 Å². The zero-order chi connectivity index (χ0) is 26.6. The Balaban J connectivity index is 1.54. The molecule has 10 heteroatoms. The average molecular weight is 597 g/mol. The summed E-state index contributed by atoms with van der Waals surface area (Å²) >= 11 is 4.75. The number of amides is 1. The largest absolute Gasteiger partial charge is 0.506 e. The number of esters is 1. The van der Waals surface area contributed by atoms with E-state index in [4.69, 9.17) is 9.47 Å². The Morgan fingerprint density at radius 2 is 1.95 bits per heavy atom. The van der Waals surface area contributed by atoms with Crippen molar-refractivity contribution in [3.63, 3.8) is 0 Å². The quantitative estimate of drug-likeness (QED) is 0.381. The Morgan fingerprint density at radius 1 is 1.18 bits per heavy atom. The second-order valence-electron chi connectivity index (χ2n) is 8.67. The molecule has 0 aliphatic carbocycles. The zero-order valence-electron chi connectivity index (χ0n) is 20.7. The number of aliphatic hydroxyl groups excluding tert-OH is 1. The fourth-order valence-electron chi connectivity index (χ4n) is 4.35. The Bertz CT molecular complexity index is 1470. The van der Waals surface area contributed by atoms with E-state index in [0.717, 1.165) is 20.9 Å². The van der Waals surface area contributed by atoms with E-state index in [0.29, 0.717) is 41.9 Å². The maximum absolute atomic E-state index is 13.0. The van der Waals surface area contributed by atoms with Crippen molar-refractivity contribution in [2.45, 2.75) is 13.5 Å². The maximum Gasteiger partial charge on any atom is 0.344 e. The van der Waals surface area contributed by atoms with Gasteiger partial charge in [-0.3, -0.25) is 4.79 Å². The number of morpholine rings is 1. The van der Waals surface area contributed by atoms with Crippen LogP contribution in [-0.4, -0.2) is 64.4 Å². The Labute approximate surface area is 232 Å². The van der Waals surface area contributed by atoms with Gasteiger partial charge in [0.05, 0.1) is 30.4 Å². The van der Waals surface area contributed by atoms with E-state index in [2.05, 4.69) is 20.9 Å². The van der Waals surface area contributed by atoms with Crippen LogP contribution in [0, 0.1) is 0 Å². The molecule has 3 heterocycles. The molecule has 1 fully saturated rings. The summed E-state index contributed by atoms with van der Waals surface area (Å²) in [6.07, 6.45) is 3.71. The number of nitrogens with zero attached hydrogens (tertiary/aromatic N) is 3. The number of thioether (sulfide) groups is 1. The van der Waals surface area contributed by atoms with Crippen LogP contribution >= 0.6 is 27.7 Å². The highest BCUT2D eigenvalue weighted by Gasteiger charge is 2.33. The number of rotatable bonds is 6. The molecule has 1 aromatic heterocycles. The SMILES string of the molecule is CCOC(=O)C1=C(O)/C(=C\c2cn(CC(=O)N3CCOCC3)c3ccc(Br)cc23)SC1=Nc1ccccc1. The van der Waals surface area contributed by atoms with Crippen LogP contribution < -0.4 is 0 Å². The molecule has 1 N–H and O–H groups in total. The van der Waals surface area contributed by atoms with Crippen LogP contribution in [0.3, 0.4) is 0 Å². The zero-order valence-corrected chi connectivity index (χ0v) is 23.1. The van der Waals surface area contributed by atoms with Crippen molar-refractivity contribution in [2.75, 3.05) is 32.9 Å². The highest BCUT2D eigenvalue weighted by Crippen LogP contribution is 2.41. The molecule has 2 aliphatic heterocycles. The monoisotopic (exact) mass is 595 g/mol. The van der Waals surface area contributed by atoms with Gasteiger partial charge in [0.15, 0.2) is 0 Å². The van der Waals surface area contributed by atoms with Gasteiger partial charge in [-0.05, 0) is 43.3 Å². The molecule has 0 atom stereocenters. The first-order valence-corrected chi connectivity index (χ1v) is 13.8. The number of halogens is 1. The van der Waals surface area contributed by atoms with Crippen LogP contribution in [0.5, 0.6) is 0 Å². The molecule has 2 aliphatic rings. The average Bonchev–Trinajstić information content (AvgIpc) is 3.41. The van der Waals surface area contributed by atoms with Crippen molar-refractivity contribution in [2.24, 2.45) is 4.99 Å². The standard InChI is InChI=1S/C28H26BrN3O5S/c1-2-37-28(35)25-26(34)23(38-27(25)30-20-6-4-3-5-7-20)14-18-16-32(22-9-8-19(29)15-21(18)22)17-24(33)31-10-12-36-13-11-31/h3-9,14-16,34H,2,10-13,17H2,1H3/b23-14+,30-27?. The van der Waals surface area contributed by atoms with E-state index in [9.17, 15) is 14.7 Å². The summed E-state index contributed by atoms with van der Waals surface area (Å²) < 4.78 is 13.4. The van der Waals surface area contributed by atoms with E-state index >= 15 is 0 Å². The minimum absolute atomic E-state index is 0.0205. The second kappa shape index (κ2) is 11.6. The number of carbonyl (C=O) groups is 2. The summed E-state index contributed by atoms with van der Waals surface area (Å²) in [5.74, 6) is -0.785. The van der Waals surface area contributed by atoms with Crippen molar-refractivity contribution >= 4 is 67.3 Å². The molecule has 0 unspecified atom stereocenters. The van der Waals surface area contributed by atoms with E-state index in [-0.39, 0.29) is 30.4 Å². The highest BCUT2D eigenvalue weighted by atomic mass is 79.9. The number of hydrogen-bond acceptors (Lipinski definition) is 7. The third kappa shape index (κ3) is 5.57. The van der Waals surface area contributed by atoms with Gasteiger partial charge in [0.25, 0.3) is 0 Å². The normalized spacial score (nSPS) is 18.1. The van der Waals surface area contributed by atoms with Gasteiger partial charge < -0.3 is 24.0 Å². The number of hydrogen-bond donors (Lipinski definition) is 1. The fraction of sp³-hybridized carbons (Fsp3) is 0.250. The van der Waals surface area contributed by atoms with Gasteiger partial charge in [-0.2, -0.15) is 0 Å². The van der Waals surface area contributed by atoms with Crippen molar-refractivity contribution < 1.29 is 24.2 Å². The summed E-state index contributed by atoms with van der Waals surface area (Å²) in [6, 6.07) is 15.1. The van der Waals surface area contributed by atoms with Crippen molar-refractivity contribution in [3.8, 4) is 0 Å². The van der Waals surface area contributed by atoms with E-state index < -0.39 is 5.97 Å². The van der Waals surface area contributed by atoms with E-state index in [1.54, 1.807) is 6.92 Å². The lowest BCUT2D eigenvalue weighted by molar-refractivity contribution is -0.138. The van der Waals surface area contributed by atoms with E-state index in [1.807, 2.05) is 70.3 Å². The third-order valence-corrected chi connectivity index (χ3v) is 7.70. The number of para-hydroxylation sites is 1. The summed E-state index contributed by atoms with van der Waals surface area (Å²) in [6.45, 7) is 4.32. The van der Waals surface area contributed by atoms with Crippen molar-refractivity contribution in [1.82, 2.24) is 9.47 Å². The molecule has 5 rings (SSSR count). The van der Waals surface area contributed by atoms with Gasteiger partial charge in [-0.15, -0.1) is 0 Å². The summed E-state index contributed by atoms with van der Waals surface area (Å²) in [4.78, 5) is 32.6. The summed E-state index contributed by atoms with van der Waals surface area (Å²) in [5.41, 5.74) is 2.39. The van der Waals surface area contributed by atoms with Crippen molar-refractivity contribution in [1.29, 1.82) is 0 Å². The molecule has 0 bridgehead atoms. The van der Waals surface area contributed by atoms with Crippen LogP contribution in [0.2, 0.25) is 0 Å². The molecule has 8 nitrogen and oxygen atoms in total. The van der Waals surface area contributed by atoms with Gasteiger partial charge in [-0.25, -0.2) is 9.79 Å². The number of aliphatic hydroxyl groups is 1. The highest BCUT2D eigenvalue weighted by molar-refractivity contribution is 9.10. The summed E-state index contributed by atoms with van der Waals surface area (Å²) in [7, 11) is 0. The lowest BCUT2D eigenvalue weighted by atomic mass is 10.1. The molecular weight excluding hydrogens is 570 g/mol. The van der Waals surface area contributed by atoms with Gasteiger partial charge in [0.1, 0.15) is 22.9 Å². The molecule has 0 radical (unpaired) electrons. The molecule has 1 saturated heterocycles. The van der Waals surface area contributed by atoms with E-state index in [1.165, 1.54) is 11.8 Å². The van der Waals surface area contributed by atoms with Gasteiger partial charge >= 0.3 is 5.97 Å². The maximum atomic E-state index is 13.0. The molecule has 196 valence electrons. The Kier molecular flexibility index (Phi) is 8.01. The summed E-state index contributed by atoms with van der Waals surface area (Å²) in [5, 5.41) is 12.4. The first kappa shape index (κ1) is 26.3. The third-order valence-electron chi connectivity index (χ3n) is 6.19. The number of aliphatic imine (C=N–C) groups is 1. The molecule has 0 spiro atoms. The van der Waals surface area contributed by atoms with Crippen molar-refractivity contribution in [3.05, 3.63) is 81.0 Å². The number of benzene rings is 2. The Morgan fingerprint density at radius 3 is 2.68 bits per heavy atom. The molecule has 0 saturated carbocycles. The lowest BCUT2D eigenvalue weighted by Gasteiger charge is -2.27. The topological polar surface area (TPSA) is 93.4 Å². The van der Waals surface area contributed by atoms with Crippen LogP contribution in [-0.2, 0) is 25.6 Å². The lowest BCUT2D eigenvalue weighted by Crippen LogP contribution is -2.42. The van der Waals surface area contributed by atoms with Gasteiger partial charge in [-0.1, -0.05) is 45.9 Å². The van der Waals surface area contributed by atoms with Crippen LogP contribution in [0.15, 0.2) is 80.4 Å². The second-order valence-corrected chi connectivity index (χ2v) is 10.6. The predicted octanol–water partition coefficient (Wildman–Crippen LogP) is 5.46.